The summed E-state index contributed by atoms with van der Waals surface area (Å²) < 4.78 is 0.882. The van der Waals surface area contributed by atoms with Crippen molar-refractivity contribution in [3.63, 3.8) is 0 Å². The first kappa shape index (κ1) is 14.1. The van der Waals surface area contributed by atoms with Crippen molar-refractivity contribution in [1.29, 1.82) is 0 Å². The van der Waals surface area contributed by atoms with Crippen molar-refractivity contribution in [2.45, 2.75) is 19.0 Å². The van der Waals surface area contributed by atoms with Crippen LogP contribution >= 0.6 is 22.9 Å². The molecule has 0 saturated carbocycles. The molecule has 106 valence electrons. The Bertz CT molecular complexity index is 540. The maximum Gasteiger partial charge on any atom is 0.0931 e. The Kier molecular flexibility index (Phi) is 4.73. The minimum absolute atomic E-state index is 0.425. The fourth-order valence-electron chi connectivity index (χ4n) is 2.70. The van der Waals surface area contributed by atoms with Crippen LogP contribution < -0.4 is 5.32 Å². The number of nitrogens with one attached hydrogen (secondary N) is 1. The van der Waals surface area contributed by atoms with Gasteiger partial charge in [-0.25, -0.2) is 0 Å². The van der Waals surface area contributed by atoms with E-state index in [4.69, 9.17) is 11.6 Å². The van der Waals surface area contributed by atoms with Gasteiger partial charge in [0.25, 0.3) is 0 Å². The number of nitrogens with zero attached hydrogens (tertiary/aromatic N) is 1. The third-order valence-electron chi connectivity index (χ3n) is 3.69. The summed E-state index contributed by atoms with van der Waals surface area (Å²) >= 11 is 7.71. The van der Waals surface area contributed by atoms with Crippen LogP contribution in [0.5, 0.6) is 0 Å². The standard InChI is InChI=1S/C16H19ClN2S/c17-16-8-7-14(20-16)11-19-10-4-9-18-15(12-19)13-5-2-1-3-6-13/h1-3,5-8,15,18H,4,9-12H2. The van der Waals surface area contributed by atoms with Gasteiger partial charge in [0.05, 0.1) is 4.34 Å². The highest BCUT2D eigenvalue weighted by Crippen LogP contribution is 2.24. The summed E-state index contributed by atoms with van der Waals surface area (Å²) in [5.74, 6) is 0. The summed E-state index contributed by atoms with van der Waals surface area (Å²) in [6.07, 6.45) is 1.20. The molecule has 1 unspecified atom stereocenters. The molecule has 0 amide bonds. The SMILES string of the molecule is Clc1ccc(CN2CCCNC(c3ccccc3)C2)s1. The van der Waals surface area contributed by atoms with Gasteiger partial charge in [0.2, 0.25) is 0 Å². The van der Waals surface area contributed by atoms with Crippen LogP contribution in [0, 0.1) is 0 Å². The molecular weight excluding hydrogens is 288 g/mol. The molecule has 0 bridgehead atoms. The second-order valence-corrected chi connectivity index (χ2v) is 7.01. The lowest BCUT2D eigenvalue weighted by Crippen LogP contribution is -2.30. The van der Waals surface area contributed by atoms with E-state index in [1.54, 1.807) is 11.3 Å². The van der Waals surface area contributed by atoms with E-state index in [1.807, 2.05) is 6.07 Å². The molecule has 2 heterocycles. The lowest BCUT2D eigenvalue weighted by Gasteiger charge is -2.24. The fourth-order valence-corrected chi connectivity index (χ4v) is 3.83. The van der Waals surface area contributed by atoms with Crippen LogP contribution in [0.15, 0.2) is 42.5 Å². The number of thiophene rings is 1. The Balaban J connectivity index is 1.69. The summed E-state index contributed by atoms with van der Waals surface area (Å²) in [7, 11) is 0. The van der Waals surface area contributed by atoms with Crippen LogP contribution in [0.25, 0.3) is 0 Å². The molecule has 1 saturated heterocycles. The molecule has 1 aliphatic heterocycles. The normalized spacial score (nSPS) is 20.8. The molecule has 0 aliphatic carbocycles. The van der Waals surface area contributed by atoms with Crippen molar-refractivity contribution in [2.24, 2.45) is 0 Å². The molecule has 2 nitrogen and oxygen atoms in total. The number of rotatable bonds is 3. The van der Waals surface area contributed by atoms with Gasteiger partial charge in [0.1, 0.15) is 0 Å². The Labute approximate surface area is 129 Å². The number of halogens is 1. The first-order valence-electron chi connectivity index (χ1n) is 7.06. The molecule has 20 heavy (non-hydrogen) atoms. The van der Waals surface area contributed by atoms with E-state index >= 15 is 0 Å². The molecular formula is C16H19ClN2S. The lowest BCUT2D eigenvalue weighted by molar-refractivity contribution is 0.263. The molecule has 4 heteroatoms. The van der Waals surface area contributed by atoms with Crippen LogP contribution in [0.1, 0.15) is 22.9 Å². The van der Waals surface area contributed by atoms with Crippen LogP contribution in [0.4, 0.5) is 0 Å². The predicted molar refractivity (Wildman–Crippen MR) is 86.4 cm³/mol. The largest absolute Gasteiger partial charge is 0.309 e. The molecule has 0 radical (unpaired) electrons. The number of benzene rings is 1. The third kappa shape index (κ3) is 3.61. The minimum atomic E-state index is 0.425. The van der Waals surface area contributed by atoms with Crippen LogP contribution in [-0.4, -0.2) is 24.5 Å². The van der Waals surface area contributed by atoms with E-state index < -0.39 is 0 Å². The van der Waals surface area contributed by atoms with Crippen molar-refractivity contribution in [3.8, 4) is 0 Å². The Morgan fingerprint density at radius 1 is 1.20 bits per heavy atom. The van der Waals surface area contributed by atoms with E-state index in [-0.39, 0.29) is 0 Å². The quantitative estimate of drug-likeness (QED) is 0.924. The number of hydrogen-bond acceptors (Lipinski definition) is 3. The van der Waals surface area contributed by atoms with Crippen molar-refractivity contribution < 1.29 is 0 Å². The molecule has 1 N–H and O–H groups in total. The number of hydrogen-bond donors (Lipinski definition) is 1. The molecule has 1 aromatic heterocycles. The van der Waals surface area contributed by atoms with E-state index in [0.29, 0.717) is 6.04 Å². The van der Waals surface area contributed by atoms with Gasteiger partial charge in [-0.1, -0.05) is 41.9 Å². The van der Waals surface area contributed by atoms with Gasteiger partial charge >= 0.3 is 0 Å². The van der Waals surface area contributed by atoms with E-state index in [1.165, 1.54) is 16.9 Å². The summed E-state index contributed by atoms with van der Waals surface area (Å²) in [5.41, 5.74) is 1.38. The average molecular weight is 307 g/mol. The molecule has 1 aliphatic rings. The molecule has 1 fully saturated rings. The zero-order chi connectivity index (χ0) is 13.8. The van der Waals surface area contributed by atoms with Crippen molar-refractivity contribution in [1.82, 2.24) is 10.2 Å². The topological polar surface area (TPSA) is 15.3 Å². The zero-order valence-electron chi connectivity index (χ0n) is 11.4. The highest BCUT2D eigenvalue weighted by atomic mass is 35.5. The smallest absolute Gasteiger partial charge is 0.0931 e. The second kappa shape index (κ2) is 6.72. The van der Waals surface area contributed by atoms with Crippen molar-refractivity contribution in [2.75, 3.05) is 19.6 Å². The van der Waals surface area contributed by atoms with Gasteiger partial charge < -0.3 is 5.32 Å². The van der Waals surface area contributed by atoms with Gasteiger partial charge in [-0.15, -0.1) is 11.3 Å². The summed E-state index contributed by atoms with van der Waals surface area (Å²) in [4.78, 5) is 3.88. The highest BCUT2D eigenvalue weighted by molar-refractivity contribution is 7.16. The van der Waals surface area contributed by atoms with Crippen molar-refractivity contribution >= 4 is 22.9 Å². The lowest BCUT2D eigenvalue weighted by atomic mass is 10.1. The zero-order valence-corrected chi connectivity index (χ0v) is 13.0. The van der Waals surface area contributed by atoms with Gasteiger partial charge in [-0.3, -0.25) is 4.90 Å². The van der Waals surface area contributed by atoms with E-state index in [0.717, 1.165) is 30.5 Å². The van der Waals surface area contributed by atoms with Gasteiger partial charge in [-0.2, -0.15) is 0 Å². The van der Waals surface area contributed by atoms with Gasteiger partial charge in [-0.05, 0) is 37.2 Å². The molecule has 1 aromatic carbocycles. The van der Waals surface area contributed by atoms with E-state index in [9.17, 15) is 0 Å². The predicted octanol–water partition coefficient (Wildman–Crippen LogP) is 3.94. The summed E-state index contributed by atoms with van der Waals surface area (Å²) in [6.45, 7) is 4.29. The maximum atomic E-state index is 6.02. The maximum absolute atomic E-state index is 6.02. The fraction of sp³-hybridized carbons (Fsp3) is 0.375. The first-order chi connectivity index (χ1) is 9.81. The van der Waals surface area contributed by atoms with Crippen LogP contribution in [0.2, 0.25) is 4.34 Å². The monoisotopic (exact) mass is 306 g/mol. The highest BCUT2D eigenvalue weighted by Gasteiger charge is 2.19. The molecule has 1 atom stereocenters. The Morgan fingerprint density at radius 2 is 2.05 bits per heavy atom. The molecule has 2 aromatic rings. The van der Waals surface area contributed by atoms with E-state index in [2.05, 4.69) is 46.6 Å². The molecule has 0 spiro atoms. The van der Waals surface area contributed by atoms with Gasteiger partial charge in [0.15, 0.2) is 0 Å². The van der Waals surface area contributed by atoms with Gasteiger partial charge in [0, 0.05) is 24.0 Å². The van der Waals surface area contributed by atoms with Crippen molar-refractivity contribution in [3.05, 3.63) is 57.2 Å². The minimum Gasteiger partial charge on any atom is -0.309 e. The van der Waals surface area contributed by atoms with Crippen LogP contribution in [-0.2, 0) is 6.54 Å². The summed E-state index contributed by atoms with van der Waals surface area (Å²) in [6, 6.07) is 15.3. The average Bonchev–Trinajstić information content (AvgIpc) is 2.74. The second-order valence-electron chi connectivity index (χ2n) is 5.21. The Hall–Kier alpha value is -0.870. The first-order valence-corrected chi connectivity index (χ1v) is 8.25. The Morgan fingerprint density at radius 3 is 2.80 bits per heavy atom. The third-order valence-corrected chi connectivity index (χ3v) is 4.91. The molecule has 3 rings (SSSR count). The van der Waals surface area contributed by atoms with Crippen LogP contribution in [0.3, 0.4) is 0 Å². The summed E-state index contributed by atoms with van der Waals surface area (Å²) in [5, 5.41) is 3.65.